The number of hydrogen-bond donors (Lipinski definition) is 5. The minimum atomic E-state index is -5.08. The average Bonchev–Trinajstić information content (AvgIpc) is 2.68. The van der Waals surface area contributed by atoms with E-state index in [1.807, 2.05) is 0 Å². The number of ether oxygens (including phenoxy) is 1. The summed E-state index contributed by atoms with van der Waals surface area (Å²) >= 11 is 0. The number of aliphatic hydroxyl groups excluding tert-OH is 1. The molecule has 3 rings (SSSR count). The van der Waals surface area contributed by atoms with Crippen molar-refractivity contribution in [2.24, 2.45) is 5.73 Å². The molecule has 1 aromatic rings. The van der Waals surface area contributed by atoms with Gasteiger partial charge in [0.1, 0.15) is 28.7 Å². The Bertz CT molecular complexity index is 920. The maximum Gasteiger partial charge on any atom is 0.522 e. The molecular weight excluding hydrogens is 456 g/mol. The number of amides is 1. The highest BCUT2D eigenvalue weighted by Gasteiger charge is 2.41. The summed E-state index contributed by atoms with van der Waals surface area (Å²) in [4.78, 5) is 34.1. The lowest BCUT2D eigenvalue weighted by Gasteiger charge is -2.42. The van der Waals surface area contributed by atoms with Crippen LogP contribution >= 0.6 is 0 Å². The molecule has 0 bridgehead atoms. The molecule has 1 aromatic carbocycles. The average molecular weight is 478 g/mol. The highest BCUT2D eigenvalue weighted by molar-refractivity contribution is 6.44. The van der Waals surface area contributed by atoms with Crippen molar-refractivity contribution < 1.29 is 57.3 Å². The number of alkyl halides is 3. The lowest BCUT2D eigenvalue weighted by atomic mass is 9.78. The van der Waals surface area contributed by atoms with Gasteiger partial charge in [-0.15, -0.1) is 0 Å². The van der Waals surface area contributed by atoms with E-state index < -0.39 is 49.4 Å². The number of carboxylic acid groups (broad SMARTS) is 2. The van der Waals surface area contributed by atoms with Crippen molar-refractivity contribution in [3.05, 3.63) is 23.3 Å². The van der Waals surface area contributed by atoms with Crippen LogP contribution in [0.5, 0.6) is 11.5 Å². The zero-order valence-corrected chi connectivity index (χ0v) is 17.3. The smallest absolute Gasteiger partial charge is 0.522 e. The first kappa shape index (κ1) is 26.2. The molecule has 2 aliphatic rings. The first-order valence-electron chi connectivity index (χ1n) is 9.57. The van der Waals surface area contributed by atoms with E-state index in [4.69, 9.17) is 30.1 Å². The van der Waals surface area contributed by atoms with E-state index in [2.05, 4.69) is 0 Å². The Morgan fingerprint density at radius 3 is 2.33 bits per heavy atom. The number of aryl methyl sites for hydroxylation is 1. The van der Waals surface area contributed by atoms with Gasteiger partial charge in [0, 0.05) is 0 Å². The number of hydrogen-bond acceptors (Lipinski definition) is 8. The molecule has 6 N–H and O–H groups in total. The standard InChI is InChI=1S/C16H21BN2O7.C2HF3O2/c1-16(18,8-20)15(23)19-6-10(7-19)25-11-3-2-9-4-5-17(24)26-13(9)12(11)14(21)22;3-2(4,5)1(6)7/h2-3,10,20,24H,4-8,18H2,1H3,(H,21,22);(H,6,7). The lowest BCUT2D eigenvalue weighted by Crippen LogP contribution is -2.64. The number of aliphatic hydroxyl groups is 1. The number of halogens is 3. The van der Waals surface area contributed by atoms with Gasteiger partial charge in [0.15, 0.2) is 0 Å². The van der Waals surface area contributed by atoms with E-state index >= 15 is 0 Å². The van der Waals surface area contributed by atoms with Crippen molar-refractivity contribution in [2.75, 3.05) is 19.7 Å². The maximum absolute atomic E-state index is 12.1. The molecule has 11 nitrogen and oxygen atoms in total. The lowest BCUT2D eigenvalue weighted by molar-refractivity contribution is -0.192. The second-order valence-electron chi connectivity index (χ2n) is 7.67. The largest absolute Gasteiger partial charge is 0.535 e. The van der Waals surface area contributed by atoms with Crippen LogP contribution in [-0.4, -0.2) is 87.7 Å². The number of carbonyl (C=O) groups excluding carboxylic acids is 1. The van der Waals surface area contributed by atoms with Gasteiger partial charge in [0.05, 0.1) is 19.7 Å². The van der Waals surface area contributed by atoms with Crippen LogP contribution in [0.2, 0.25) is 6.32 Å². The van der Waals surface area contributed by atoms with Gasteiger partial charge in [-0.2, -0.15) is 13.2 Å². The van der Waals surface area contributed by atoms with Crippen molar-refractivity contribution in [1.82, 2.24) is 4.90 Å². The Kier molecular flexibility index (Phi) is 7.82. The first-order valence-corrected chi connectivity index (χ1v) is 9.57. The number of nitrogens with zero attached hydrogens (tertiary/aromatic N) is 1. The molecular formula is C18H22BF3N2O9. The Labute approximate surface area is 185 Å². The van der Waals surface area contributed by atoms with Gasteiger partial charge in [-0.25, -0.2) is 9.59 Å². The predicted octanol–water partition coefficient (Wildman–Crippen LogP) is -0.267. The number of carbonyl (C=O) groups is 3. The van der Waals surface area contributed by atoms with E-state index in [-0.39, 0.29) is 30.2 Å². The number of benzene rings is 1. The summed E-state index contributed by atoms with van der Waals surface area (Å²) in [7, 11) is -1.05. The summed E-state index contributed by atoms with van der Waals surface area (Å²) in [5.41, 5.74) is 4.93. The summed E-state index contributed by atoms with van der Waals surface area (Å²) in [5, 5.41) is 35.5. The zero-order chi connectivity index (χ0) is 25.1. The van der Waals surface area contributed by atoms with Crippen molar-refractivity contribution in [3.8, 4) is 11.5 Å². The number of nitrogens with two attached hydrogens (primary N) is 1. The van der Waals surface area contributed by atoms with Gasteiger partial charge < -0.3 is 40.4 Å². The molecule has 15 heteroatoms. The summed E-state index contributed by atoms with van der Waals surface area (Å²) < 4.78 is 42.8. The molecule has 0 saturated carbocycles. The Morgan fingerprint density at radius 2 is 1.85 bits per heavy atom. The van der Waals surface area contributed by atoms with Crippen LogP contribution in [0, 0.1) is 0 Å². The summed E-state index contributed by atoms with van der Waals surface area (Å²) in [6.45, 7) is 1.45. The molecule has 0 aliphatic carbocycles. The SMILES string of the molecule is CC(N)(CO)C(=O)N1CC(Oc2ccc3c(c2C(=O)O)OB(O)CC3)C1.O=C(O)C(F)(F)F. The third-order valence-electron chi connectivity index (χ3n) is 4.82. The fraction of sp³-hybridized carbons (Fsp3) is 0.500. The molecule has 1 saturated heterocycles. The number of likely N-dealkylation sites (tertiary alicyclic amines) is 1. The van der Waals surface area contributed by atoms with Crippen LogP contribution in [0.3, 0.4) is 0 Å². The van der Waals surface area contributed by atoms with E-state index in [0.717, 1.165) is 0 Å². The van der Waals surface area contributed by atoms with Crippen LogP contribution in [-0.2, 0) is 16.0 Å². The van der Waals surface area contributed by atoms with Gasteiger partial charge in [0.25, 0.3) is 0 Å². The fourth-order valence-corrected chi connectivity index (χ4v) is 3.00. The third-order valence-corrected chi connectivity index (χ3v) is 4.82. The second kappa shape index (κ2) is 9.85. The number of carboxylic acids is 2. The summed E-state index contributed by atoms with van der Waals surface area (Å²) in [5.74, 6) is -4.12. The Morgan fingerprint density at radius 1 is 1.27 bits per heavy atom. The molecule has 2 aliphatic heterocycles. The van der Waals surface area contributed by atoms with E-state index in [0.29, 0.717) is 18.3 Å². The summed E-state index contributed by atoms with van der Waals surface area (Å²) in [6, 6.07) is 3.28. The predicted molar refractivity (Wildman–Crippen MR) is 105 cm³/mol. The van der Waals surface area contributed by atoms with Gasteiger partial charge in [-0.3, -0.25) is 4.79 Å². The molecule has 1 amide bonds. The highest BCUT2D eigenvalue weighted by atomic mass is 19.4. The molecule has 1 unspecified atom stereocenters. The molecule has 33 heavy (non-hydrogen) atoms. The van der Waals surface area contributed by atoms with Gasteiger partial charge in [-0.05, 0) is 31.3 Å². The minimum Gasteiger partial charge on any atom is -0.535 e. The molecule has 0 spiro atoms. The summed E-state index contributed by atoms with van der Waals surface area (Å²) in [6.07, 6.45) is -4.56. The van der Waals surface area contributed by atoms with E-state index in [1.54, 1.807) is 12.1 Å². The van der Waals surface area contributed by atoms with Crippen LogP contribution in [0.4, 0.5) is 13.2 Å². The Hall–Kier alpha value is -3.04. The molecule has 1 atom stereocenters. The normalized spacial score (nSPS) is 17.4. The fourth-order valence-electron chi connectivity index (χ4n) is 3.00. The molecule has 182 valence electrons. The molecule has 1 fully saturated rings. The van der Waals surface area contributed by atoms with Crippen molar-refractivity contribution in [2.45, 2.75) is 37.5 Å². The first-order chi connectivity index (χ1) is 15.2. The molecule has 2 heterocycles. The van der Waals surface area contributed by atoms with Crippen LogP contribution in [0.1, 0.15) is 22.8 Å². The van der Waals surface area contributed by atoms with Gasteiger partial charge in [-0.1, -0.05) is 6.07 Å². The monoisotopic (exact) mass is 478 g/mol. The van der Waals surface area contributed by atoms with Crippen LogP contribution < -0.4 is 15.1 Å². The van der Waals surface area contributed by atoms with Crippen LogP contribution in [0.25, 0.3) is 0 Å². The van der Waals surface area contributed by atoms with Crippen molar-refractivity contribution in [3.63, 3.8) is 0 Å². The Balaban J connectivity index is 0.000000479. The number of aliphatic carboxylic acids is 1. The van der Waals surface area contributed by atoms with Gasteiger partial charge in [0.2, 0.25) is 5.91 Å². The quantitative estimate of drug-likeness (QED) is 0.354. The van der Waals surface area contributed by atoms with Gasteiger partial charge >= 0.3 is 25.2 Å². The second-order valence-corrected chi connectivity index (χ2v) is 7.67. The van der Waals surface area contributed by atoms with Crippen LogP contribution in [0.15, 0.2) is 12.1 Å². The van der Waals surface area contributed by atoms with E-state index in [9.17, 15) is 32.9 Å². The number of aromatic carboxylic acids is 1. The maximum atomic E-state index is 12.1. The molecule has 0 radical (unpaired) electrons. The topological polar surface area (TPSA) is 180 Å². The van der Waals surface area contributed by atoms with Crippen molar-refractivity contribution in [1.29, 1.82) is 0 Å². The highest BCUT2D eigenvalue weighted by Crippen LogP contribution is 2.37. The zero-order valence-electron chi connectivity index (χ0n) is 17.3. The van der Waals surface area contributed by atoms with Crippen molar-refractivity contribution >= 4 is 25.0 Å². The molecule has 0 aromatic heterocycles. The third kappa shape index (κ3) is 6.27. The number of rotatable bonds is 5. The minimum absolute atomic E-state index is 0.121. The number of fused-ring (bicyclic) bond motifs is 1. The van der Waals surface area contributed by atoms with E-state index in [1.165, 1.54) is 11.8 Å².